The Morgan fingerprint density at radius 3 is 2.48 bits per heavy atom. The summed E-state index contributed by atoms with van der Waals surface area (Å²) in [6.07, 6.45) is 0.791. The summed E-state index contributed by atoms with van der Waals surface area (Å²) in [5, 5.41) is 3.50. The monoisotopic (exact) mass is 379 g/mol. The van der Waals surface area contributed by atoms with Crippen molar-refractivity contribution in [3.8, 4) is 0 Å². The SMILES string of the molecule is CCCNC(c1ccc(Br)c(Cl)c1F)C(OC)C(C)(C)C. The molecule has 0 saturated carbocycles. The number of methoxy groups -OCH3 is 1. The molecule has 0 amide bonds. The van der Waals surface area contributed by atoms with Crippen molar-refractivity contribution in [1.29, 1.82) is 0 Å². The maximum Gasteiger partial charge on any atom is 0.147 e. The maximum atomic E-state index is 14.6. The predicted octanol–water partition coefficient (Wildman–Crippen LogP) is 5.34. The Hall–Kier alpha value is -0.160. The molecule has 5 heteroatoms. The first-order valence-electron chi connectivity index (χ1n) is 7.13. The largest absolute Gasteiger partial charge is 0.379 e. The minimum atomic E-state index is -0.397. The summed E-state index contributed by atoms with van der Waals surface area (Å²) in [4.78, 5) is 0. The molecule has 0 fully saturated rings. The van der Waals surface area contributed by atoms with Crippen LogP contribution in [0.1, 0.15) is 45.7 Å². The topological polar surface area (TPSA) is 21.3 Å². The fourth-order valence-corrected chi connectivity index (χ4v) is 2.93. The highest BCUT2D eigenvalue weighted by atomic mass is 79.9. The Labute approximate surface area is 140 Å². The number of hydrogen-bond acceptors (Lipinski definition) is 2. The average Bonchev–Trinajstić information content (AvgIpc) is 2.40. The predicted molar refractivity (Wildman–Crippen MR) is 90.4 cm³/mol. The van der Waals surface area contributed by atoms with Gasteiger partial charge in [0.05, 0.1) is 17.2 Å². The lowest BCUT2D eigenvalue weighted by Gasteiger charge is -2.37. The molecule has 0 aromatic heterocycles. The van der Waals surface area contributed by atoms with Crippen LogP contribution in [-0.4, -0.2) is 19.8 Å². The van der Waals surface area contributed by atoms with Gasteiger partial charge in [0.15, 0.2) is 0 Å². The van der Waals surface area contributed by atoms with Crippen LogP contribution >= 0.6 is 27.5 Å². The molecule has 0 spiro atoms. The Balaban J connectivity index is 3.28. The summed E-state index contributed by atoms with van der Waals surface area (Å²) < 4.78 is 20.8. The number of rotatable bonds is 6. The highest BCUT2D eigenvalue weighted by Gasteiger charge is 2.35. The minimum Gasteiger partial charge on any atom is -0.379 e. The van der Waals surface area contributed by atoms with Gasteiger partial charge >= 0.3 is 0 Å². The smallest absolute Gasteiger partial charge is 0.147 e. The first kappa shape index (κ1) is 18.9. The summed E-state index contributed by atoms with van der Waals surface area (Å²) in [5.74, 6) is -0.397. The fourth-order valence-electron chi connectivity index (χ4n) is 2.45. The van der Waals surface area contributed by atoms with E-state index in [1.54, 1.807) is 19.2 Å². The number of nitrogens with one attached hydrogen (secondary N) is 1. The van der Waals surface area contributed by atoms with Gasteiger partial charge in [-0.25, -0.2) is 4.39 Å². The Morgan fingerprint density at radius 1 is 1.38 bits per heavy atom. The lowest BCUT2D eigenvalue weighted by Crippen LogP contribution is -2.42. The molecule has 1 aromatic carbocycles. The van der Waals surface area contributed by atoms with Crippen molar-refractivity contribution in [2.45, 2.75) is 46.3 Å². The molecular formula is C16H24BrClFNO. The van der Waals surface area contributed by atoms with Gasteiger partial charge in [-0.1, -0.05) is 45.4 Å². The van der Waals surface area contributed by atoms with Crippen LogP contribution in [0.4, 0.5) is 4.39 Å². The molecule has 0 aliphatic carbocycles. The van der Waals surface area contributed by atoms with E-state index in [1.807, 2.05) is 0 Å². The maximum absolute atomic E-state index is 14.6. The van der Waals surface area contributed by atoms with Gasteiger partial charge in [-0.15, -0.1) is 0 Å². The summed E-state index contributed by atoms with van der Waals surface area (Å²) in [5.41, 5.74) is 0.407. The number of benzene rings is 1. The second-order valence-corrected chi connectivity index (χ2v) is 7.45. The third-order valence-corrected chi connectivity index (χ3v) is 4.68. The van der Waals surface area contributed by atoms with Crippen LogP contribution in [-0.2, 0) is 4.74 Å². The van der Waals surface area contributed by atoms with Gasteiger partial charge in [-0.3, -0.25) is 0 Å². The molecule has 0 bridgehead atoms. The fraction of sp³-hybridized carbons (Fsp3) is 0.625. The van der Waals surface area contributed by atoms with Crippen molar-refractivity contribution < 1.29 is 9.13 Å². The van der Waals surface area contributed by atoms with E-state index in [0.717, 1.165) is 13.0 Å². The van der Waals surface area contributed by atoms with E-state index < -0.39 is 5.82 Å². The zero-order valence-corrected chi connectivity index (χ0v) is 15.6. The van der Waals surface area contributed by atoms with E-state index >= 15 is 0 Å². The normalized spacial score (nSPS) is 15.0. The second-order valence-electron chi connectivity index (χ2n) is 6.22. The van der Waals surface area contributed by atoms with Crippen molar-refractivity contribution in [1.82, 2.24) is 5.32 Å². The summed E-state index contributed by atoms with van der Waals surface area (Å²) >= 11 is 9.28. The molecule has 2 nitrogen and oxygen atoms in total. The molecule has 1 N–H and O–H groups in total. The Kier molecular flexibility index (Phi) is 7.11. The van der Waals surface area contributed by atoms with Crippen LogP contribution in [0.25, 0.3) is 0 Å². The zero-order valence-electron chi connectivity index (χ0n) is 13.3. The van der Waals surface area contributed by atoms with E-state index in [0.29, 0.717) is 10.0 Å². The first-order valence-corrected chi connectivity index (χ1v) is 8.30. The summed E-state index contributed by atoms with van der Waals surface area (Å²) in [6, 6.07) is 3.29. The quantitative estimate of drug-likeness (QED) is 0.672. The van der Waals surface area contributed by atoms with Gasteiger partial charge in [-0.2, -0.15) is 0 Å². The van der Waals surface area contributed by atoms with Crippen molar-refractivity contribution in [2.75, 3.05) is 13.7 Å². The highest BCUT2D eigenvalue weighted by molar-refractivity contribution is 9.10. The summed E-state index contributed by atoms with van der Waals surface area (Å²) in [6.45, 7) is 9.11. The molecule has 0 aliphatic rings. The van der Waals surface area contributed by atoms with Gasteiger partial charge in [0, 0.05) is 17.1 Å². The highest BCUT2D eigenvalue weighted by Crippen LogP contribution is 2.37. The number of ether oxygens (including phenoxy) is 1. The molecular weight excluding hydrogens is 357 g/mol. The number of hydrogen-bond donors (Lipinski definition) is 1. The molecule has 2 atom stereocenters. The molecule has 0 saturated heterocycles. The Morgan fingerprint density at radius 2 is 2.00 bits per heavy atom. The molecule has 1 aromatic rings. The lowest BCUT2D eigenvalue weighted by atomic mass is 9.81. The van der Waals surface area contributed by atoms with Crippen LogP contribution in [0.5, 0.6) is 0 Å². The first-order chi connectivity index (χ1) is 9.73. The van der Waals surface area contributed by atoms with Crippen LogP contribution in [0.2, 0.25) is 5.02 Å². The van der Waals surface area contributed by atoms with Gasteiger partial charge in [0.2, 0.25) is 0 Å². The van der Waals surface area contributed by atoms with Crippen molar-refractivity contribution in [3.05, 3.63) is 33.0 Å². The average molecular weight is 381 g/mol. The molecule has 1 rings (SSSR count). The van der Waals surface area contributed by atoms with E-state index in [1.165, 1.54) is 0 Å². The molecule has 0 aliphatic heterocycles. The van der Waals surface area contributed by atoms with E-state index in [2.05, 4.69) is 48.9 Å². The van der Waals surface area contributed by atoms with Gasteiger partial charge in [0.1, 0.15) is 5.82 Å². The van der Waals surface area contributed by atoms with Crippen LogP contribution in [0.3, 0.4) is 0 Å². The third kappa shape index (κ3) is 4.65. The van der Waals surface area contributed by atoms with Gasteiger partial charge in [0.25, 0.3) is 0 Å². The molecule has 21 heavy (non-hydrogen) atoms. The molecule has 2 unspecified atom stereocenters. The van der Waals surface area contributed by atoms with Gasteiger partial charge in [-0.05, 0) is 40.4 Å². The Bertz CT molecular complexity index is 476. The van der Waals surface area contributed by atoms with Crippen molar-refractivity contribution >= 4 is 27.5 Å². The standard InChI is InChI=1S/C16H24BrClFNO/c1-6-9-20-14(15(21-5)16(2,3)4)10-7-8-11(17)12(18)13(10)19/h7-8,14-15,20H,6,9H2,1-5H3. The molecule has 120 valence electrons. The van der Waals surface area contributed by atoms with E-state index in [-0.39, 0.29) is 22.6 Å². The van der Waals surface area contributed by atoms with E-state index in [4.69, 9.17) is 16.3 Å². The van der Waals surface area contributed by atoms with E-state index in [9.17, 15) is 4.39 Å². The molecule has 0 radical (unpaired) electrons. The minimum absolute atomic E-state index is 0.111. The second kappa shape index (κ2) is 7.91. The van der Waals surface area contributed by atoms with Crippen LogP contribution in [0.15, 0.2) is 16.6 Å². The third-order valence-electron chi connectivity index (χ3n) is 3.42. The number of halogens is 3. The van der Waals surface area contributed by atoms with Crippen LogP contribution < -0.4 is 5.32 Å². The van der Waals surface area contributed by atoms with Crippen LogP contribution in [0, 0.1) is 11.2 Å². The lowest BCUT2D eigenvalue weighted by molar-refractivity contribution is -0.0127. The van der Waals surface area contributed by atoms with Crippen molar-refractivity contribution in [3.63, 3.8) is 0 Å². The molecule has 0 heterocycles. The zero-order chi connectivity index (χ0) is 16.2. The van der Waals surface area contributed by atoms with Gasteiger partial charge < -0.3 is 10.1 Å². The van der Waals surface area contributed by atoms with Crippen molar-refractivity contribution in [2.24, 2.45) is 5.41 Å². The summed E-state index contributed by atoms with van der Waals surface area (Å²) in [7, 11) is 1.66.